The number of halogens is 1. The minimum absolute atomic E-state index is 0.0764. The third-order valence-corrected chi connectivity index (χ3v) is 8.34. The van der Waals surface area contributed by atoms with Gasteiger partial charge in [-0.3, -0.25) is 9.10 Å². The van der Waals surface area contributed by atoms with Crippen LogP contribution in [0.5, 0.6) is 0 Å². The van der Waals surface area contributed by atoms with Crippen molar-refractivity contribution in [3.63, 3.8) is 0 Å². The van der Waals surface area contributed by atoms with Crippen LogP contribution in [0, 0.1) is 0 Å². The average Bonchev–Trinajstić information content (AvgIpc) is 3.50. The maximum Gasteiger partial charge on any atom is 0.265 e. The van der Waals surface area contributed by atoms with Gasteiger partial charge in [-0.05, 0) is 61.2 Å². The molecule has 0 atom stereocenters. The fourth-order valence-corrected chi connectivity index (χ4v) is 6.32. The standard InChI is InChI=1S/C24H23ClN4O3S/c25-20-9-7-18(24(30)27-19-8-10-23(26-16-19)28-12-3-4-13-28)15-22(20)33(31,32)29-14-11-17-5-1-2-6-21(17)29/h1-2,5-10,15-16H,3-4,11-14H2,(H,27,30). The number of hydrogen-bond donors (Lipinski definition) is 1. The number of hydrogen-bond acceptors (Lipinski definition) is 5. The van der Waals surface area contributed by atoms with E-state index >= 15 is 0 Å². The van der Waals surface area contributed by atoms with Crippen LogP contribution in [0.25, 0.3) is 0 Å². The number of carbonyl (C=O) groups excluding carboxylic acids is 1. The van der Waals surface area contributed by atoms with Crippen LogP contribution in [0.2, 0.25) is 5.02 Å². The Bertz CT molecular complexity index is 1310. The van der Waals surface area contributed by atoms with E-state index < -0.39 is 15.9 Å². The van der Waals surface area contributed by atoms with Gasteiger partial charge >= 0.3 is 0 Å². The first-order chi connectivity index (χ1) is 15.9. The quantitative estimate of drug-likeness (QED) is 0.585. The predicted octanol–water partition coefficient (Wildman–Crippen LogP) is 4.34. The Labute approximate surface area is 198 Å². The molecule has 0 unspecified atom stereocenters. The lowest BCUT2D eigenvalue weighted by Gasteiger charge is -2.20. The molecule has 2 aromatic carbocycles. The number of amides is 1. The van der Waals surface area contributed by atoms with Crippen molar-refractivity contribution in [3.05, 3.63) is 76.9 Å². The van der Waals surface area contributed by atoms with Crippen LogP contribution in [0.4, 0.5) is 17.2 Å². The van der Waals surface area contributed by atoms with Crippen LogP contribution >= 0.6 is 11.6 Å². The van der Waals surface area contributed by atoms with Gasteiger partial charge in [0, 0.05) is 25.2 Å². The zero-order valence-electron chi connectivity index (χ0n) is 17.9. The van der Waals surface area contributed by atoms with E-state index in [2.05, 4.69) is 15.2 Å². The van der Waals surface area contributed by atoms with Crippen LogP contribution in [-0.4, -0.2) is 38.9 Å². The van der Waals surface area contributed by atoms with Gasteiger partial charge in [0.25, 0.3) is 15.9 Å². The molecule has 0 spiro atoms. The molecule has 1 aromatic heterocycles. The Morgan fingerprint density at radius 1 is 1.00 bits per heavy atom. The van der Waals surface area contributed by atoms with Crippen LogP contribution in [-0.2, 0) is 16.4 Å². The monoisotopic (exact) mass is 482 g/mol. The van der Waals surface area contributed by atoms with Crippen molar-refractivity contribution in [2.24, 2.45) is 0 Å². The Balaban J connectivity index is 1.38. The molecule has 5 rings (SSSR count). The summed E-state index contributed by atoms with van der Waals surface area (Å²) in [5, 5.41) is 2.86. The maximum absolute atomic E-state index is 13.4. The summed E-state index contributed by atoms with van der Waals surface area (Å²) in [6, 6.07) is 15.4. The Hall–Kier alpha value is -3.10. The minimum atomic E-state index is -3.92. The number of aromatic nitrogens is 1. The normalized spacial score (nSPS) is 15.5. The second-order valence-electron chi connectivity index (χ2n) is 8.15. The molecule has 1 fully saturated rings. The van der Waals surface area contributed by atoms with Crippen LogP contribution in [0.15, 0.2) is 65.7 Å². The van der Waals surface area contributed by atoms with Crippen molar-refractivity contribution in [2.75, 3.05) is 34.2 Å². The maximum atomic E-state index is 13.4. The highest BCUT2D eigenvalue weighted by Gasteiger charge is 2.32. The van der Waals surface area contributed by atoms with E-state index in [1.54, 1.807) is 24.4 Å². The molecule has 0 radical (unpaired) electrons. The highest BCUT2D eigenvalue weighted by Crippen LogP contribution is 2.35. The van der Waals surface area contributed by atoms with E-state index in [1.165, 1.54) is 22.5 Å². The Kier molecular flexibility index (Phi) is 5.72. The molecule has 2 aliphatic heterocycles. The number of fused-ring (bicyclic) bond motifs is 1. The van der Waals surface area contributed by atoms with Crippen LogP contribution in [0.3, 0.4) is 0 Å². The molecule has 1 saturated heterocycles. The summed E-state index contributed by atoms with van der Waals surface area (Å²) in [5.41, 5.74) is 2.36. The van der Waals surface area contributed by atoms with Gasteiger partial charge in [-0.25, -0.2) is 13.4 Å². The fraction of sp³-hybridized carbons (Fsp3) is 0.250. The molecule has 0 bridgehead atoms. The van der Waals surface area contributed by atoms with Crippen molar-refractivity contribution in [2.45, 2.75) is 24.2 Å². The summed E-state index contributed by atoms with van der Waals surface area (Å²) in [7, 11) is -3.92. The van der Waals surface area contributed by atoms with Crippen molar-refractivity contribution >= 4 is 44.7 Å². The molecule has 1 N–H and O–H groups in total. The summed E-state index contributed by atoms with van der Waals surface area (Å²) in [5.74, 6) is 0.455. The van der Waals surface area contributed by atoms with Gasteiger partial charge in [-0.1, -0.05) is 29.8 Å². The largest absolute Gasteiger partial charge is 0.357 e. The molecule has 2 aliphatic rings. The second kappa shape index (κ2) is 8.68. The molecule has 7 nitrogen and oxygen atoms in total. The van der Waals surface area contributed by atoms with E-state index in [0.29, 0.717) is 24.3 Å². The highest BCUT2D eigenvalue weighted by atomic mass is 35.5. The van der Waals surface area contributed by atoms with E-state index in [4.69, 9.17) is 11.6 Å². The van der Waals surface area contributed by atoms with Crippen molar-refractivity contribution in [1.82, 2.24) is 4.98 Å². The Morgan fingerprint density at radius 3 is 2.55 bits per heavy atom. The van der Waals surface area contributed by atoms with E-state index in [0.717, 1.165) is 37.3 Å². The first-order valence-electron chi connectivity index (χ1n) is 10.9. The van der Waals surface area contributed by atoms with E-state index in [1.807, 2.05) is 18.2 Å². The molecule has 170 valence electrons. The molecule has 0 saturated carbocycles. The number of carbonyl (C=O) groups is 1. The van der Waals surface area contributed by atoms with Gasteiger partial charge in [0.2, 0.25) is 0 Å². The summed E-state index contributed by atoms with van der Waals surface area (Å²) in [4.78, 5) is 19.4. The summed E-state index contributed by atoms with van der Waals surface area (Å²) in [6.07, 6.45) is 4.56. The zero-order valence-corrected chi connectivity index (χ0v) is 19.4. The number of pyridine rings is 1. The van der Waals surface area contributed by atoms with Crippen LogP contribution in [0.1, 0.15) is 28.8 Å². The average molecular weight is 483 g/mol. The number of nitrogens with zero attached hydrogens (tertiary/aromatic N) is 3. The smallest absolute Gasteiger partial charge is 0.265 e. The SMILES string of the molecule is O=C(Nc1ccc(N2CCCC2)nc1)c1ccc(Cl)c(S(=O)(=O)N2CCc3ccccc32)c1. The molecule has 3 heterocycles. The molecular formula is C24H23ClN4O3S. The summed E-state index contributed by atoms with van der Waals surface area (Å²) in [6.45, 7) is 2.31. The second-order valence-corrected chi connectivity index (χ2v) is 10.4. The van der Waals surface area contributed by atoms with Gasteiger partial charge in [0.1, 0.15) is 10.7 Å². The number of benzene rings is 2. The first-order valence-corrected chi connectivity index (χ1v) is 12.7. The van der Waals surface area contributed by atoms with Crippen molar-refractivity contribution in [1.29, 1.82) is 0 Å². The number of anilines is 3. The van der Waals surface area contributed by atoms with Gasteiger partial charge in [-0.2, -0.15) is 0 Å². The van der Waals surface area contributed by atoms with Gasteiger partial charge in [0.05, 0.1) is 22.6 Å². The number of rotatable bonds is 5. The van der Waals surface area contributed by atoms with Crippen LogP contribution < -0.4 is 14.5 Å². The number of para-hydroxylation sites is 1. The van der Waals surface area contributed by atoms with E-state index in [-0.39, 0.29) is 15.5 Å². The first kappa shape index (κ1) is 21.7. The number of sulfonamides is 1. The molecule has 1 amide bonds. The third-order valence-electron chi connectivity index (χ3n) is 6.04. The predicted molar refractivity (Wildman–Crippen MR) is 130 cm³/mol. The molecule has 9 heteroatoms. The molecule has 3 aromatic rings. The lowest BCUT2D eigenvalue weighted by atomic mass is 10.2. The molecule has 0 aliphatic carbocycles. The van der Waals surface area contributed by atoms with Gasteiger partial charge < -0.3 is 10.2 Å². The Morgan fingerprint density at radius 2 is 1.79 bits per heavy atom. The fourth-order valence-electron chi connectivity index (χ4n) is 4.32. The minimum Gasteiger partial charge on any atom is -0.357 e. The number of nitrogens with one attached hydrogen (secondary N) is 1. The van der Waals surface area contributed by atoms with Crippen molar-refractivity contribution < 1.29 is 13.2 Å². The van der Waals surface area contributed by atoms with Gasteiger partial charge in [-0.15, -0.1) is 0 Å². The summed E-state index contributed by atoms with van der Waals surface area (Å²) < 4.78 is 28.2. The topological polar surface area (TPSA) is 82.6 Å². The molecular weight excluding hydrogens is 460 g/mol. The van der Waals surface area contributed by atoms with E-state index in [9.17, 15) is 13.2 Å². The third kappa shape index (κ3) is 4.16. The summed E-state index contributed by atoms with van der Waals surface area (Å²) >= 11 is 6.28. The van der Waals surface area contributed by atoms with Gasteiger partial charge in [0.15, 0.2) is 0 Å². The molecule has 33 heavy (non-hydrogen) atoms. The zero-order chi connectivity index (χ0) is 23.0. The highest BCUT2D eigenvalue weighted by molar-refractivity contribution is 7.93. The lowest BCUT2D eigenvalue weighted by molar-refractivity contribution is 0.102. The lowest BCUT2D eigenvalue weighted by Crippen LogP contribution is -2.29. The van der Waals surface area contributed by atoms with Crippen molar-refractivity contribution in [3.8, 4) is 0 Å².